The van der Waals surface area contributed by atoms with E-state index in [1.807, 2.05) is 4.90 Å². The molecule has 0 aromatic heterocycles. The summed E-state index contributed by atoms with van der Waals surface area (Å²) in [5.41, 5.74) is 0.0626. The summed E-state index contributed by atoms with van der Waals surface area (Å²) in [6.07, 6.45) is 1.04. The lowest BCUT2D eigenvalue weighted by Crippen LogP contribution is -2.58. The number of hydrogen-bond donors (Lipinski definition) is 1. The maximum atomic E-state index is 11.7. The third-order valence-corrected chi connectivity index (χ3v) is 3.22. The Morgan fingerprint density at radius 1 is 1.40 bits per heavy atom. The Morgan fingerprint density at radius 2 is 2.07 bits per heavy atom. The predicted molar refractivity (Wildman–Crippen MR) is 59.6 cm³/mol. The second kappa shape index (κ2) is 4.94. The zero-order valence-electron chi connectivity index (χ0n) is 9.99. The number of aliphatic hydroxyl groups is 1. The molecule has 1 heterocycles. The molecule has 0 aliphatic carbocycles. The van der Waals surface area contributed by atoms with Gasteiger partial charge in [0.25, 0.3) is 0 Å². The molecule has 0 saturated carbocycles. The number of hydrogen-bond acceptors (Lipinski definition) is 3. The monoisotopic (exact) mass is 214 g/mol. The molecule has 0 atom stereocenters. The molecule has 1 saturated heterocycles. The van der Waals surface area contributed by atoms with Gasteiger partial charge in [-0.2, -0.15) is 0 Å². The van der Waals surface area contributed by atoms with Gasteiger partial charge in [-0.25, -0.2) is 0 Å². The average molecular weight is 214 g/mol. The third-order valence-electron chi connectivity index (χ3n) is 3.22. The Bertz CT molecular complexity index is 229. The van der Waals surface area contributed by atoms with E-state index in [-0.39, 0.29) is 18.1 Å². The van der Waals surface area contributed by atoms with E-state index in [4.69, 9.17) is 5.11 Å². The van der Waals surface area contributed by atoms with Crippen LogP contribution in [-0.4, -0.2) is 59.6 Å². The van der Waals surface area contributed by atoms with Gasteiger partial charge in [0.1, 0.15) is 0 Å². The van der Waals surface area contributed by atoms with Crippen molar-refractivity contribution in [2.24, 2.45) is 0 Å². The van der Waals surface area contributed by atoms with E-state index in [9.17, 15) is 4.79 Å². The van der Waals surface area contributed by atoms with Crippen LogP contribution in [0.3, 0.4) is 0 Å². The highest BCUT2D eigenvalue weighted by Crippen LogP contribution is 2.19. The molecule has 15 heavy (non-hydrogen) atoms. The van der Waals surface area contributed by atoms with Crippen LogP contribution in [0.2, 0.25) is 0 Å². The second-order valence-corrected chi connectivity index (χ2v) is 4.88. The summed E-state index contributed by atoms with van der Waals surface area (Å²) in [5.74, 6) is 0.172. The van der Waals surface area contributed by atoms with E-state index in [2.05, 4.69) is 25.8 Å². The van der Waals surface area contributed by atoms with E-state index in [0.717, 1.165) is 19.6 Å². The number of piperazine rings is 1. The lowest BCUT2D eigenvalue weighted by molar-refractivity contribution is -0.136. The maximum absolute atomic E-state index is 11.7. The van der Waals surface area contributed by atoms with Crippen molar-refractivity contribution in [2.75, 3.05) is 33.3 Å². The summed E-state index contributed by atoms with van der Waals surface area (Å²) in [6, 6.07) is 0. The van der Waals surface area contributed by atoms with Gasteiger partial charge in [0, 0.05) is 38.2 Å². The Balaban J connectivity index is 2.48. The molecule has 1 amide bonds. The maximum Gasteiger partial charge on any atom is 0.222 e. The fourth-order valence-corrected chi connectivity index (χ4v) is 1.84. The van der Waals surface area contributed by atoms with Crippen molar-refractivity contribution in [2.45, 2.75) is 32.2 Å². The van der Waals surface area contributed by atoms with Crippen molar-refractivity contribution in [3.05, 3.63) is 0 Å². The first-order valence-corrected chi connectivity index (χ1v) is 5.57. The molecule has 0 radical (unpaired) electrons. The van der Waals surface area contributed by atoms with Gasteiger partial charge in [-0.05, 0) is 27.3 Å². The van der Waals surface area contributed by atoms with Crippen LogP contribution in [0, 0.1) is 0 Å². The van der Waals surface area contributed by atoms with Gasteiger partial charge in [-0.15, -0.1) is 0 Å². The molecule has 1 fully saturated rings. The first kappa shape index (κ1) is 12.5. The summed E-state index contributed by atoms with van der Waals surface area (Å²) in [4.78, 5) is 15.9. The number of rotatable bonds is 3. The Labute approximate surface area is 91.9 Å². The predicted octanol–water partition coefficient (Wildman–Crippen LogP) is 0.311. The highest BCUT2D eigenvalue weighted by molar-refractivity contribution is 5.76. The quantitative estimate of drug-likeness (QED) is 0.735. The van der Waals surface area contributed by atoms with Crippen molar-refractivity contribution < 1.29 is 9.90 Å². The van der Waals surface area contributed by atoms with Crippen molar-refractivity contribution in [1.82, 2.24) is 9.80 Å². The van der Waals surface area contributed by atoms with Crippen LogP contribution in [0.4, 0.5) is 0 Å². The topological polar surface area (TPSA) is 43.8 Å². The number of carbonyl (C=O) groups excluding carboxylic acids is 1. The Hall–Kier alpha value is -0.610. The Morgan fingerprint density at radius 3 is 2.60 bits per heavy atom. The van der Waals surface area contributed by atoms with Crippen LogP contribution >= 0.6 is 0 Å². The highest BCUT2D eigenvalue weighted by atomic mass is 16.3. The van der Waals surface area contributed by atoms with Crippen molar-refractivity contribution >= 4 is 5.91 Å². The summed E-state index contributed by atoms with van der Waals surface area (Å²) in [6.45, 7) is 6.93. The molecule has 4 heteroatoms. The first-order chi connectivity index (χ1) is 6.97. The minimum absolute atomic E-state index is 0.0626. The van der Waals surface area contributed by atoms with Crippen LogP contribution < -0.4 is 0 Å². The van der Waals surface area contributed by atoms with E-state index in [1.54, 1.807) is 0 Å². The molecule has 0 aromatic carbocycles. The van der Waals surface area contributed by atoms with Crippen LogP contribution in [0.5, 0.6) is 0 Å². The summed E-state index contributed by atoms with van der Waals surface area (Å²) in [5, 5.41) is 8.68. The molecular weight excluding hydrogens is 192 g/mol. The van der Waals surface area contributed by atoms with Gasteiger partial charge in [0.2, 0.25) is 5.91 Å². The molecule has 1 N–H and O–H groups in total. The normalized spacial score (nSPS) is 21.7. The molecule has 0 aromatic rings. The highest BCUT2D eigenvalue weighted by Gasteiger charge is 2.32. The van der Waals surface area contributed by atoms with Crippen molar-refractivity contribution in [3.8, 4) is 0 Å². The minimum Gasteiger partial charge on any atom is -0.396 e. The lowest BCUT2D eigenvalue weighted by atomic mass is 9.99. The number of amides is 1. The fourth-order valence-electron chi connectivity index (χ4n) is 1.84. The number of aliphatic hydroxyl groups excluding tert-OH is 1. The van der Waals surface area contributed by atoms with Gasteiger partial charge in [-0.1, -0.05) is 0 Å². The smallest absolute Gasteiger partial charge is 0.222 e. The van der Waals surface area contributed by atoms with E-state index < -0.39 is 0 Å². The molecule has 0 spiro atoms. The van der Waals surface area contributed by atoms with Gasteiger partial charge >= 0.3 is 0 Å². The van der Waals surface area contributed by atoms with Gasteiger partial charge in [0.05, 0.1) is 0 Å². The largest absolute Gasteiger partial charge is 0.396 e. The van der Waals surface area contributed by atoms with E-state index in [1.165, 1.54) is 0 Å². The summed E-state index contributed by atoms with van der Waals surface area (Å²) >= 11 is 0. The van der Waals surface area contributed by atoms with Crippen molar-refractivity contribution in [3.63, 3.8) is 0 Å². The molecule has 1 aliphatic heterocycles. The van der Waals surface area contributed by atoms with E-state index in [0.29, 0.717) is 12.8 Å². The molecule has 0 unspecified atom stereocenters. The third kappa shape index (κ3) is 3.18. The molecule has 4 nitrogen and oxygen atoms in total. The molecule has 0 bridgehead atoms. The standard InChI is InChI=1S/C11H22N2O2/c1-11(2)9-13(7-6-12(11)3)10(15)5-4-8-14/h14H,4-9H2,1-3H3. The van der Waals surface area contributed by atoms with Gasteiger partial charge in [-0.3, -0.25) is 9.69 Å². The molecule has 1 rings (SSSR count). The van der Waals surface area contributed by atoms with Gasteiger partial charge < -0.3 is 10.0 Å². The zero-order valence-corrected chi connectivity index (χ0v) is 9.99. The summed E-state index contributed by atoms with van der Waals surface area (Å²) < 4.78 is 0. The molecular formula is C11H22N2O2. The molecule has 1 aliphatic rings. The number of likely N-dealkylation sites (N-methyl/N-ethyl adjacent to an activating group) is 1. The van der Waals surface area contributed by atoms with Crippen LogP contribution in [0.15, 0.2) is 0 Å². The van der Waals surface area contributed by atoms with Crippen LogP contribution in [-0.2, 0) is 4.79 Å². The Kier molecular flexibility index (Phi) is 4.11. The number of carbonyl (C=O) groups is 1. The van der Waals surface area contributed by atoms with Gasteiger partial charge in [0.15, 0.2) is 0 Å². The summed E-state index contributed by atoms with van der Waals surface area (Å²) in [7, 11) is 2.09. The lowest BCUT2D eigenvalue weighted by Gasteiger charge is -2.45. The molecule has 88 valence electrons. The van der Waals surface area contributed by atoms with Crippen LogP contribution in [0.1, 0.15) is 26.7 Å². The van der Waals surface area contributed by atoms with E-state index >= 15 is 0 Å². The average Bonchev–Trinajstić information content (AvgIpc) is 2.18. The van der Waals surface area contributed by atoms with Crippen LogP contribution in [0.25, 0.3) is 0 Å². The fraction of sp³-hybridized carbons (Fsp3) is 0.909. The number of nitrogens with zero attached hydrogens (tertiary/aromatic N) is 2. The SMILES string of the molecule is CN1CCN(C(=O)CCCO)CC1(C)C. The zero-order chi connectivity index (χ0) is 11.5. The minimum atomic E-state index is 0.0626. The van der Waals surface area contributed by atoms with Crippen molar-refractivity contribution in [1.29, 1.82) is 0 Å². The second-order valence-electron chi connectivity index (χ2n) is 4.88. The first-order valence-electron chi connectivity index (χ1n) is 5.57.